The largest absolute Gasteiger partial charge is 0.391 e. The van der Waals surface area contributed by atoms with Crippen LogP contribution in [0.4, 0.5) is 11.5 Å². The monoisotopic (exact) mass is 419 g/mol. The average molecular weight is 419 g/mol. The van der Waals surface area contributed by atoms with Gasteiger partial charge < -0.3 is 20.9 Å². The highest BCUT2D eigenvalue weighted by atomic mass is 16.2. The summed E-state index contributed by atoms with van der Waals surface area (Å²) in [5.41, 5.74) is 2.00. The standard InChI is InChI=1S/C22H25N7O2/c1-15(23-2)20(21(30)25-16-6-4-3-5-7-16)22(31)26-17-10-12-28(14-17)19-9-8-18-24-11-13-29(18)27-19/h3-9,11,13,17,23H,10,12,14H2,1-2H3,(H,25,30)(H,26,31)/b20-15+/t17-/m0/s1. The highest BCUT2D eigenvalue weighted by Crippen LogP contribution is 2.19. The number of anilines is 2. The van der Waals surface area contributed by atoms with E-state index >= 15 is 0 Å². The fraction of sp³-hybridized carbons (Fsp3) is 0.273. The zero-order valence-corrected chi connectivity index (χ0v) is 17.5. The first-order valence-electron chi connectivity index (χ1n) is 10.2. The van der Waals surface area contributed by atoms with Gasteiger partial charge in [0.25, 0.3) is 11.8 Å². The van der Waals surface area contributed by atoms with Gasteiger partial charge in [0.2, 0.25) is 0 Å². The lowest BCUT2D eigenvalue weighted by Gasteiger charge is -2.19. The van der Waals surface area contributed by atoms with Crippen molar-refractivity contribution in [3.8, 4) is 0 Å². The van der Waals surface area contributed by atoms with E-state index in [1.165, 1.54) is 0 Å². The first-order chi connectivity index (χ1) is 15.0. The molecule has 3 aromatic rings. The van der Waals surface area contributed by atoms with Crippen LogP contribution < -0.4 is 20.9 Å². The van der Waals surface area contributed by atoms with Crippen molar-refractivity contribution >= 4 is 29.0 Å². The van der Waals surface area contributed by atoms with Gasteiger partial charge in [0, 0.05) is 50.0 Å². The summed E-state index contributed by atoms with van der Waals surface area (Å²) in [5, 5.41) is 13.3. The Balaban J connectivity index is 1.43. The van der Waals surface area contributed by atoms with Crippen LogP contribution in [-0.4, -0.2) is 52.6 Å². The van der Waals surface area contributed by atoms with Crippen molar-refractivity contribution < 1.29 is 9.59 Å². The molecule has 0 spiro atoms. The molecule has 1 saturated heterocycles. The highest BCUT2D eigenvalue weighted by molar-refractivity contribution is 6.23. The molecular formula is C22H25N7O2. The van der Waals surface area contributed by atoms with Crippen LogP contribution in [0.2, 0.25) is 0 Å². The van der Waals surface area contributed by atoms with Crippen LogP contribution in [0, 0.1) is 0 Å². The first-order valence-corrected chi connectivity index (χ1v) is 10.2. The number of fused-ring (bicyclic) bond motifs is 1. The molecule has 160 valence electrons. The van der Waals surface area contributed by atoms with Gasteiger partial charge in [-0.15, -0.1) is 5.10 Å². The molecule has 0 bridgehead atoms. The van der Waals surface area contributed by atoms with Crippen molar-refractivity contribution in [1.82, 2.24) is 25.2 Å². The van der Waals surface area contributed by atoms with Crippen LogP contribution >= 0.6 is 0 Å². The predicted molar refractivity (Wildman–Crippen MR) is 119 cm³/mol. The van der Waals surface area contributed by atoms with Crippen LogP contribution in [0.25, 0.3) is 5.65 Å². The number of rotatable bonds is 6. The Kier molecular flexibility index (Phi) is 5.83. The maximum absolute atomic E-state index is 13.0. The van der Waals surface area contributed by atoms with Gasteiger partial charge in [-0.05, 0) is 37.6 Å². The van der Waals surface area contributed by atoms with Crippen LogP contribution in [0.5, 0.6) is 0 Å². The second-order valence-electron chi connectivity index (χ2n) is 7.40. The van der Waals surface area contributed by atoms with E-state index < -0.39 is 11.8 Å². The quantitative estimate of drug-likeness (QED) is 0.318. The molecule has 31 heavy (non-hydrogen) atoms. The highest BCUT2D eigenvalue weighted by Gasteiger charge is 2.29. The van der Waals surface area contributed by atoms with E-state index in [1.54, 1.807) is 43.0 Å². The number of para-hydroxylation sites is 1. The minimum Gasteiger partial charge on any atom is -0.391 e. The topological polar surface area (TPSA) is 104 Å². The van der Waals surface area contributed by atoms with Gasteiger partial charge in [-0.25, -0.2) is 9.50 Å². The molecule has 2 aromatic heterocycles. The maximum Gasteiger partial charge on any atom is 0.263 e. The second-order valence-corrected chi connectivity index (χ2v) is 7.40. The Morgan fingerprint density at radius 2 is 1.90 bits per heavy atom. The molecule has 0 radical (unpaired) electrons. The third kappa shape index (κ3) is 4.50. The lowest BCUT2D eigenvalue weighted by Crippen LogP contribution is -2.41. The third-order valence-electron chi connectivity index (χ3n) is 5.32. The summed E-state index contributed by atoms with van der Waals surface area (Å²) in [6, 6.07) is 12.8. The van der Waals surface area contributed by atoms with E-state index in [1.807, 2.05) is 30.3 Å². The predicted octanol–water partition coefficient (Wildman–Crippen LogP) is 1.56. The van der Waals surface area contributed by atoms with Gasteiger partial charge in [0.05, 0.1) is 0 Å². The van der Waals surface area contributed by atoms with E-state index in [2.05, 4.69) is 30.9 Å². The molecule has 1 aliphatic rings. The number of allylic oxidation sites excluding steroid dienone is 1. The Morgan fingerprint density at radius 3 is 2.68 bits per heavy atom. The molecule has 0 unspecified atom stereocenters. The summed E-state index contributed by atoms with van der Waals surface area (Å²) in [6.45, 7) is 3.09. The lowest BCUT2D eigenvalue weighted by atomic mass is 10.1. The number of hydrogen-bond acceptors (Lipinski definition) is 6. The fourth-order valence-electron chi connectivity index (χ4n) is 3.60. The molecule has 1 aromatic carbocycles. The summed E-state index contributed by atoms with van der Waals surface area (Å²) in [5.74, 6) is -0.0194. The summed E-state index contributed by atoms with van der Waals surface area (Å²) in [7, 11) is 1.69. The van der Waals surface area contributed by atoms with Crippen molar-refractivity contribution in [3.05, 3.63) is 66.1 Å². The molecule has 9 heteroatoms. The van der Waals surface area contributed by atoms with Gasteiger partial charge in [-0.2, -0.15) is 0 Å². The van der Waals surface area contributed by atoms with Crippen molar-refractivity contribution in [2.75, 3.05) is 30.4 Å². The van der Waals surface area contributed by atoms with Gasteiger partial charge in [-0.1, -0.05) is 18.2 Å². The number of benzene rings is 1. The van der Waals surface area contributed by atoms with Gasteiger partial charge in [0.15, 0.2) is 5.65 Å². The Hall–Kier alpha value is -3.88. The number of nitrogens with zero attached hydrogens (tertiary/aromatic N) is 4. The number of imidazole rings is 1. The van der Waals surface area contributed by atoms with Gasteiger partial charge >= 0.3 is 0 Å². The molecule has 4 rings (SSSR count). The minimum atomic E-state index is -0.447. The molecule has 0 saturated carbocycles. The third-order valence-corrected chi connectivity index (χ3v) is 5.32. The number of amides is 2. The maximum atomic E-state index is 13.0. The number of carbonyl (C=O) groups is 2. The Bertz CT molecular complexity index is 1120. The van der Waals surface area contributed by atoms with Crippen LogP contribution in [-0.2, 0) is 9.59 Å². The van der Waals surface area contributed by atoms with Crippen molar-refractivity contribution in [1.29, 1.82) is 0 Å². The molecule has 1 aliphatic heterocycles. The molecule has 3 N–H and O–H groups in total. The van der Waals surface area contributed by atoms with E-state index in [9.17, 15) is 9.59 Å². The van der Waals surface area contributed by atoms with Crippen LogP contribution in [0.15, 0.2) is 66.1 Å². The smallest absolute Gasteiger partial charge is 0.263 e. The molecule has 1 fully saturated rings. The average Bonchev–Trinajstić information content (AvgIpc) is 3.43. The SMILES string of the molecule is CN/C(C)=C(\C(=O)Nc1ccccc1)C(=O)N[C@H]1CCN(c2ccc3nccn3n2)C1. The second kappa shape index (κ2) is 8.86. The number of carbonyl (C=O) groups excluding carboxylic acids is 2. The van der Waals surface area contributed by atoms with E-state index in [0.717, 1.165) is 24.4 Å². The Labute approximate surface area is 180 Å². The summed E-state index contributed by atoms with van der Waals surface area (Å²) >= 11 is 0. The summed E-state index contributed by atoms with van der Waals surface area (Å²) in [4.78, 5) is 32.1. The molecule has 2 amide bonds. The Morgan fingerprint density at radius 1 is 1.10 bits per heavy atom. The number of nitrogens with one attached hydrogen (secondary N) is 3. The van der Waals surface area contributed by atoms with E-state index in [-0.39, 0.29) is 11.6 Å². The zero-order chi connectivity index (χ0) is 21.8. The first kappa shape index (κ1) is 20.4. The van der Waals surface area contributed by atoms with Crippen molar-refractivity contribution in [2.24, 2.45) is 0 Å². The lowest BCUT2D eigenvalue weighted by molar-refractivity contribution is -0.121. The van der Waals surface area contributed by atoms with Crippen LogP contribution in [0.1, 0.15) is 13.3 Å². The van der Waals surface area contributed by atoms with Crippen molar-refractivity contribution in [3.63, 3.8) is 0 Å². The number of aromatic nitrogens is 3. The van der Waals surface area contributed by atoms with Crippen LogP contribution in [0.3, 0.4) is 0 Å². The van der Waals surface area contributed by atoms with Crippen molar-refractivity contribution in [2.45, 2.75) is 19.4 Å². The van der Waals surface area contributed by atoms with E-state index in [0.29, 0.717) is 17.9 Å². The molecule has 1 atom stereocenters. The van der Waals surface area contributed by atoms with E-state index in [4.69, 9.17) is 0 Å². The summed E-state index contributed by atoms with van der Waals surface area (Å²) in [6.07, 6.45) is 4.27. The number of hydrogen-bond donors (Lipinski definition) is 3. The zero-order valence-electron chi connectivity index (χ0n) is 17.5. The fourth-order valence-corrected chi connectivity index (χ4v) is 3.60. The molecule has 3 heterocycles. The normalized spacial score (nSPS) is 16.7. The molecule has 0 aliphatic carbocycles. The molecule has 9 nitrogen and oxygen atoms in total. The summed E-state index contributed by atoms with van der Waals surface area (Å²) < 4.78 is 1.73. The van der Waals surface area contributed by atoms with Gasteiger partial charge in [-0.3, -0.25) is 9.59 Å². The molecular weight excluding hydrogens is 394 g/mol. The van der Waals surface area contributed by atoms with Gasteiger partial charge in [0.1, 0.15) is 11.4 Å². The minimum absolute atomic E-state index is 0.0720.